The summed E-state index contributed by atoms with van der Waals surface area (Å²) >= 11 is 0. The Morgan fingerprint density at radius 2 is 2.24 bits per heavy atom. The highest BCUT2D eigenvalue weighted by molar-refractivity contribution is 5.49. The second-order valence-corrected chi connectivity index (χ2v) is 4.40. The zero-order chi connectivity index (χ0) is 11.8. The van der Waals surface area contributed by atoms with Crippen LogP contribution in [0.2, 0.25) is 0 Å². The Bertz CT molecular complexity index is 531. The Morgan fingerprint density at radius 3 is 3.00 bits per heavy atom. The standard InChI is InChI=1S/C12H15N5/c1-16-7-5-10-9(8-16)12(13)17(15-10)11-4-2-3-6-14-11/h2-4,6H,5,7-8,13H2,1H3. The van der Waals surface area contributed by atoms with Gasteiger partial charge in [0.25, 0.3) is 0 Å². The summed E-state index contributed by atoms with van der Waals surface area (Å²) in [5, 5.41) is 4.56. The summed E-state index contributed by atoms with van der Waals surface area (Å²) in [7, 11) is 2.10. The molecule has 0 bridgehead atoms. The molecule has 0 amide bonds. The van der Waals surface area contributed by atoms with Crippen LogP contribution in [0.5, 0.6) is 0 Å². The maximum atomic E-state index is 6.15. The Kier molecular flexibility index (Phi) is 2.33. The highest BCUT2D eigenvalue weighted by Gasteiger charge is 2.22. The van der Waals surface area contributed by atoms with Gasteiger partial charge < -0.3 is 10.6 Å². The van der Waals surface area contributed by atoms with E-state index < -0.39 is 0 Å². The van der Waals surface area contributed by atoms with Gasteiger partial charge >= 0.3 is 0 Å². The van der Waals surface area contributed by atoms with Crippen LogP contribution in [-0.4, -0.2) is 33.3 Å². The quantitative estimate of drug-likeness (QED) is 0.787. The number of aromatic nitrogens is 3. The van der Waals surface area contributed by atoms with Crippen molar-refractivity contribution in [3.05, 3.63) is 35.7 Å². The molecule has 5 nitrogen and oxygen atoms in total. The van der Waals surface area contributed by atoms with Gasteiger partial charge in [-0.15, -0.1) is 0 Å². The number of anilines is 1. The van der Waals surface area contributed by atoms with Crippen molar-refractivity contribution in [3.8, 4) is 5.82 Å². The predicted molar refractivity (Wildman–Crippen MR) is 65.8 cm³/mol. The summed E-state index contributed by atoms with van der Waals surface area (Å²) in [5.41, 5.74) is 8.40. The van der Waals surface area contributed by atoms with E-state index >= 15 is 0 Å². The summed E-state index contributed by atoms with van der Waals surface area (Å²) in [6, 6.07) is 5.74. The highest BCUT2D eigenvalue weighted by Crippen LogP contribution is 2.24. The largest absolute Gasteiger partial charge is 0.383 e. The third kappa shape index (κ3) is 1.68. The van der Waals surface area contributed by atoms with Crippen LogP contribution in [-0.2, 0) is 13.0 Å². The molecule has 0 radical (unpaired) electrons. The summed E-state index contributed by atoms with van der Waals surface area (Å²) in [4.78, 5) is 6.53. The van der Waals surface area contributed by atoms with E-state index in [1.807, 2.05) is 18.2 Å². The van der Waals surface area contributed by atoms with Gasteiger partial charge in [0.1, 0.15) is 5.82 Å². The third-order valence-electron chi connectivity index (χ3n) is 3.13. The van der Waals surface area contributed by atoms with Gasteiger partial charge in [-0.25, -0.2) is 4.98 Å². The van der Waals surface area contributed by atoms with Crippen molar-refractivity contribution >= 4 is 5.82 Å². The van der Waals surface area contributed by atoms with Gasteiger partial charge in [-0.3, -0.25) is 0 Å². The number of nitrogens with two attached hydrogens (primary N) is 1. The zero-order valence-corrected chi connectivity index (χ0v) is 9.80. The van der Waals surface area contributed by atoms with Crippen LogP contribution >= 0.6 is 0 Å². The lowest BCUT2D eigenvalue weighted by Crippen LogP contribution is -2.26. The SMILES string of the molecule is CN1CCc2nn(-c3ccccn3)c(N)c2C1. The molecule has 0 aromatic carbocycles. The molecule has 2 N–H and O–H groups in total. The van der Waals surface area contributed by atoms with Crippen molar-refractivity contribution < 1.29 is 0 Å². The fourth-order valence-electron chi connectivity index (χ4n) is 2.18. The summed E-state index contributed by atoms with van der Waals surface area (Å²) in [5.74, 6) is 1.49. The molecule has 5 heteroatoms. The predicted octanol–water partition coefficient (Wildman–Crippen LogP) is 0.837. The first-order valence-corrected chi connectivity index (χ1v) is 5.72. The molecule has 17 heavy (non-hydrogen) atoms. The molecule has 0 fully saturated rings. The molecule has 3 rings (SSSR count). The Labute approximate surface area is 99.9 Å². The lowest BCUT2D eigenvalue weighted by molar-refractivity contribution is 0.312. The maximum Gasteiger partial charge on any atom is 0.155 e. The van der Waals surface area contributed by atoms with Gasteiger partial charge in [-0.1, -0.05) is 6.07 Å². The van der Waals surface area contributed by atoms with E-state index in [1.54, 1.807) is 10.9 Å². The van der Waals surface area contributed by atoms with Crippen LogP contribution in [0.4, 0.5) is 5.82 Å². The minimum Gasteiger partial charge on any atom is -0.383 e. The number of rotatable bonds is 1. The van der Waals surface area contributed by atoms with Crippen LogP contribution in [0.25, 0.3) is 5.82 Å². The molecular weight excluding hydrogens is 214 g/mol. The molecule has 0 spiro atoms. The molecule has 1 aliphatic heterocycles. The molecule has 2 aromatic rings. The van der Waals surface area contributed by atoms with Gasteiger partial charge in [0.15, 0.2) is 5.82 Å². The molecule has 0 aliphatic carbocycles. The van der Waals surface area contributed by atoms with E-state index in [4.69, 9.17) is 5.73 Å². The first-order valence-electron chi connectivity index (χ1n) is 5.72. The normalized spacial score (nSPS) is 15.8. The molecule has 0 saturated heterocycles. The van der Waals surface area contributed by atoms with Crippen molar-refractivity contribution in [1.29, 1.82) is 0 Å². The summed E-state index contributed by atoms with van der Waals surface area (Å²) in [6.07, 6.45) is 2.71. The lowest BCUT2D eigenvalue weighted by atomic mass is 10.1. The fourth-order valence-corrected chi connectivity index (χ4v) is 2.18. The van der Waals surface area contributed by atoms with Crippen molar-refractivity contribution in [2.45, 2.75) is 13.0 Å². The molecule has 1 aliphatic rings. The van der Waals surface area contributed by atoms with Gasteiger partial charge in [-0.2, -0.15) is 9.78 Å². The first kappa shape index (κ1) is 10.3. The highest BCUT2D eigenvalue weighted by atomic mass is 15.4. The molecule has 0 saturated carbocycles. The van der Waals surface area contributed by atoms with Crippen molar-refractivity contribution in [1.82, 2.24) is 19.7 Å². The maximum absolute atomic E-state index is 6.15. The lowest BCUT2D eigenvalue weighted by Gasteiger charge is -2.21. The van der Waals surface area contributed by atoms with Gasteiger partial charge in [-0.05, 0) is 19.2 Å². The summed E-state index contributed by atoms with van der Waals surface area (Å²) in [6.45, 7) is 1.90. The average molecular weight is 229 g/mol. The molecule has 0 atom stereocenters. The Balaban J connectivity index is 2.08. The van der Waals surface area contributed by atoms with Crippen LogP contribution in [0.1, 0.15) is 11.3 Å². The molecular formula is C12H15N5. The number of nitrogens with zero attached hydrogens (tertiary/aromatic N) is 4. The van der Waals surface area contributed by atoms with E-state index in [1.165, 1.54) is 0 Å². The van der Waals surface area contributed by atoms with Crippen LogP contribution in [0, 0.1) is 0 Å². The molecule has 2 aromatic heterocycles. The number of hydrogen-bond acceptors (Lipinski definition) is 4. The van der Waals surface area contributed by atoms with Crippen molar-refractivity contribution in [2.75, 3.05) is 19.3 Å². The number of nitrogen functional groups attached to an aromatic ring is 1. The van der Waals surface area contributed by atoms with Crippen LogP contribution < -0.4 is 5.73 Å². The van der Waals surface area contributed by atoms with E-state index in [2.05, 4.69) is 22.0 Å². The Hall–Kier alpha value is -1.88. The van der Waals surface area contributed by atoms with Crippen molar-refractivity contribution in [2.24, 2.45) is 0 Å². The molecule has 0 unspecified atom stereocenters. The number of pyridine rings is 1. The van der Waals surface area contributed by atoms with Gasteiger partial charge in [0.05, 0.1) is 5.69 Å². The van der Waals surface area contributed by atoms with Gasteiger partial charge in [0.2, 0.25) is 0 Å². The first-order chi connectivity index (χ1) is 8.25. The van der Waals surface area contributed by atoms with E-state index in [-0.39, 0.29) is 0 Å². The van der Waals surface area contributed by atoms with E-state index in [9.17, 15) is 0 Å². The van der Waals surface area contributed by atoms with E-state index in [0.29, 0.717) is 5.82 Å². The number of hydrogen-bond donors (Lipinski definition) is 1. The summed E-state index contributed by atoms with van der Waals surface area (Å²) < 4.78 is 1.74. The number of fused-ring (bicyclic) bond motifs is 1. The Morgan fingerprint density at radius 1 is 1.35 bits per heavy atom. The van der Waals surface area contributed by atoms with Gasteiger partial charge in [0, 0.05) is 31.3 Å². The molecule has 3 heterocycles. The molecule has 88 valence electrons. The van der Waals surface area contributed by atoms with Crippen molar-refractivity contribution in [3.63, 3.8) is 0 Å². The van der Waals surface area contributed by atoms with Crippen LogP contribution in [0.3, 0.4) is 0 Å². The second-order valence-electron chi connectivity index (χ2n) is 4.40. The average Bonchev–Trinajstić information content (AvgIpc) is 2.68. The van der Waals surface area contributed by atoms with E-state index in [0.717, 1.165) is 36.6 Å². The smallest absolute Gasteiger partial charge is 0.155 e. The van der Waals surface area contributed by atoms with Crippen LogP contribution in [0.15, 0.2) is 24.4 Å². The zero-order valence-electron chi connectivity index (χ0n) is 9.80. The minimum atomic E-state index is 0.713. The number of likely N-dealkylation sites (N-methyl/N-ethyl adjacent to an activating group) is 1. The fraction of sp³-hybridized carbons (Fsp3) is 0.333. The topological polar surface area (TPSA) is 60.0 Å². The monoisotopic (exact) mass is 229 g/mol. The third-order valence-corrected chi connectivity index (χ3v) is 3.13. The minimum absolute atomic E-state index is 0.713. The second kappa shape index (κ2) is 3.85.